The summed E-state index contributed by atoms with van der Waals surface area (Å²) in [6, 6.07) is 12.2. The van der Waals surface area contributed by atoms with E-state index in [9.17, 15) is 9.59 Å². The van der Waals surface area contributed by atoms with Crippen molar-refractivity contribution in [2.24, 2.45) is 5.10 Å². The minimum Gasteiger partial charge on any atom is -0.497 e. The van der Waals surface area contributed by atoms with Gasteiger partial charge in [0.05, 0.1) is 20.4 Å². The van der Waals surface area contributed by atoms with Gasteiger partial charge in [-0.1, -0.05) is 29.8 Å². The van der Waals surface area contributed by atoms with Crippen LogP contribution in [0, 0.1) is 0 Å². The first-order valence-electron chi connectivity index (χ1n) is 7.61. The van der Waals surface area contributed by atoms with E-state index < -0.39 is 11.8 Å². The highest BCUT2D eigenvalue weighted by Crippen LogP contribution is 2.22. The summed E-state index contributed by atoms with van der Waals surface area (Å²) < 4.78 is 10.3. The molecule has 0 saturated carbocycles. The van der Waals surface area contributed by atoms with Crippen molar-refractivity contribution in [1.29, 1.82) is 0 Å². The Morgan fingerprint density at radius 1 is 1.12 bits per heavy atom. The van der Waals surface area contributed by atoms with Crippen LogP contribution in [0.5, 0.6) is 11.5 Å². The Morgan fingerprint density at radius 3 is 2.58 bits per heavy atom. The van der Waals surface area contributed by atoms with Crippen molar-refractivity contribution in [3.8, 4) is 11.5 Å². The summed E-state index contributed by atoms with van der Waals surface area (Å²) in [6.45, 7) is 0.138. The molecule has 0 aromatic heterocycles. The van der Waals surface area contributed by atoms with Gasteiger partial charge in [-0.2, -0.15) is 5.10 Å². The molecule has 0 atom stereocenters. The number of ether oxygens (including phenoxy) is 2. The summed E-state index contributed by atoms with van der Waals surface area (Å²) in [6.07, 6.45) is 1.36. The van der Waals surface area contributed by atoms with E-state index in [4.69, 9.17) is 21.1 Å². The number of amides is 2. The zero-order valence-electron chi connectivity index (χ0n) is 14.3. The smallest absolute Gasteiger partial charge is 0.329 e. The second-order valence-corrected chi connectivity index (χ2v) is 5.49. The minimum atomic E-state index is -0.893. The molecule has 0 aliphatic rings. The number of halogens is 1. The minimum absolute atomic E-state index is 0.138. The standard InChI is InChI=1S/C18H18ClN3O4/c1-25-14-7-8-16(26-2)13(9-14)11-21-22-18(24)17(23)20-10-12-5-3-4-6-15(12)19/h3-9,11H,10H2,1-2H3,(H,20,23)(H,22,24). The van der Waals surface area contributed by atoms with Crippen LogP contribution in [0.2, 0.25) is 5.02 Å². The molecular formula is C18H18ClN3O4. The summed E-state index contributed by atoms with van der Waals surface area (Å²) >= 11 is 5.99. The van der Waals surface area contributed by atoms with Gasteiger partial charge in [0.25, 0.3) is 0 Å². The predicted molar refractivity (Wildman–Crippen MR) is 98.6 cm³/mol. The fourth-order valence-electron chi connectivity index (χ4n) is 2.05. The molecule has 0 fully saturated rings. The lowest BCUT2D eigenvalue weighted by atomic mass is 10.2. The third-order valence-electron chi connectivity index (χ3n) is 3.41. The Balaban J connectivity index is 1.92. The molecule has 0 bridgehead atoms. The van der Waals surface area contributed by atoms with Crippen molar-refractivity contribution in [1.82, 2.24) is 10.7 Å². The van der Waals surface area contributed by atoms with Crippen LogP contribution in [-0.4, -0.2) is 32.2 Å². The van der Waals surface area contributed by atoms with Crippen LogP contribution in [0.1, 0.15) is 11.1 Å². The number of benzene rings is 2. The van der Waals surface area contributed by atoms with E-state index in [0.29, 0.717) is 27.6 Å². The summed E-state index contributed by atoms with van der Waals surface area (Å²) in [7, 11) is 3.05. The van der Waals surface area contributed by atoms with Gasteiger partial charge in [-0.3, -0.25) is 9.59 Å². The van der Waals surface area contributed by atoms with Crippen LogP contribution in [-0.2, 0) is 16.1 Å². The zero-order valence-corrected chi connectivity index (χ0v) is 15.0. The van der Waals surface area contributed by atoms with Crippen LogP contribution in [0.15, 0.2) is 47.6 Å². The van der Waals surface area contributed by atoms with Gasteiger partial charge in [-0.15, -0.1) is 0 Å². The molecule has 0 heterocycles. The van der Waals surface area contributed by atoms with Gasteiger partial charge in [-0.05, 0) is 29.8 Å². The molecule has 7 nitrogen and oxygen atoms in total. The normalized spacial score (nSPS) is 10.4. The SMILES string of the molecule is COc1ccc(OC)c(C=NNC(=O)C(=O)NCc2ccccc2Cl)c1. The first kappa shape index (κ1) is 19.3. The topological polar surface area (TPSA) is 89.0 Å². The van der Waals surface area contributed by atoms with Gasteiger partial charge in [-0.25, -0.2) is 5.43 Å². The van der Waals surface area contributed by atoms with Gasteiger partial charge >= 0.3 is 11.8 Å². The zero-order chi connectivity index (χ0) is 18.9. The number of nitrogens with one attached hydrogen (secondary N) is 2. The number of methoxy groups -OCH3 is 2. The summed E-state index contributed by atoms with van der Waals surface area (Å²) in [5.41, 5.74) is 3.45. The van der Waals surface area contributed by atoms with Crippen molar-refractivity contribution < 1.29 is 19.1 Å². The quantitative estimate of drug-likeness (QED) is 0.460. The van der Waals surface area contributed by atoms with E-state index in [2.05, 4.69) is 15.8 Å². The van der Waals surface area contributed by atoms with Crippen molar-refractivity contribution in [3.05, 3.63) is 58.6 Å². The Morgan fingerprint density at radius 2 is 1.88 bits per heavy atom. The van der Waals surface area contributed by atoms with Gasteiger partial charge in [0.2, 0.25) is 0 Å². The van der Waals surface area contributed by atoms with Crippen molar-refractivity contribution in [2.75, 3.05) is 14.2 Å². The Kier molecular flexibility index (Phi) is 6.99. The van der Waals surface area contributed by atoms with E-state index in [1.165, 1.54) is 20.4 Å². The molecule has 0 aliphatic heterocycles. The highest BCUT2D eigenvalue weighted by atomic mass is 35.5. The fraction of sp³-hybridized carbons (Fsp3) is 0.167. The Labute approximate surface area is 155 Å². The number of hydrogen-bond acceptors (Lipinski definition) is 5. The molecule has 2 rings (SSSR count). The van der Waals surface area contributed by atoms with Crippen molar-refractivity contribution >= 4 is 29.6 Å². The van der Waals surface area contributed by atoms with E-state index in [-0.39, 0.29) is 6.54 Å². The molecule has 0 aliphatic carbocycles. The summed E-state index contributed by atoms with van der Waals surface area (Å²) in [4.78, 5) is 23.6. The van der Waals surface area contributed by atoms with Gasteiger partial charge in [0.15, 0.2) is 0 Å². The molecule has 2 N–H and O–H groups in total. The maximum Gasteiger partial charge on any atom is 0.329 e. The highest BCUT2D eigenvalue weighted by Gasteiger charge is 2.13. The van der Waals surface area contributed by atoms with Crippen LogP contribution < -0.4 is 20.2 Å². The number of nitrogens with zero attached hydrogens (tertiary/aromatic N) is 1. The largest absolute Gasteiger partial charge is 0.497 e. The van der Waals surface area contributed by atoms with Crippen LogP contribution >= 0.6 is 11.6 Å². The molecule has 136 valence electrons. The van der Waals surface area contributed by atoms with E-state index in [1.807, 2.05) is 0 Å². The van der Waals surface area contributed by atoms with Crippen molar-refractivity contribution in [3.63, 3.8) is 0 Å². The first-order chi connectivity index (χ1) is 12.5. The average molecular weight is 376 g/mol. The van der Waals surface area contributed by atoms with Gasteiger partial charge in [0, 0.05) is 17.1 Å². The fourth-order valence-corrected chi connectivity index (χ4v) is 2.25. The predicted octanol–water partition coefficient (Wildman–Crippen LogP) is 2.12. The maximum atomic E-state index is 11.8. The van der Waals surface area contributed by atoms with Crippen molar-refractivity contribution in [2.45, 2.75) is 6.54 Å². The second kappa shape index (κ2) is 9.43. The lowest BCUT2D eigenvalue weighted by molar-refractivity contribution is -0.139. The summed E-state index contributed by atoms with van der Waals surface area (Å²) in [5.74, 6) is -0.558. The Bertz CT molecular complexity index is 824. The molecule has 26 heavy (non-hydrogen) atoms. The average Bonchev–Trinajstić information content (AvgIpc) is 2.66. The first-order valence-corrected chi connectivity index (χ1v) is 7.99. The molecular weight excluding hydrogens is 358 g/mol. The molecule has 0 saturated heterocycles. The van der Waals surface area contributed by atoms with Crippen LogP contribution in [0.4, 0.5) is 0 Å². The summed E-state index contributed by atoms with van der Waals surface area (Å²) in [5, 5.41) is 6.76. The van der Waals surface area contributed by atoms with E-state index in [1.54, 1.807) is 42.5 Å². The third kappa shape index (κ3) is 5.22. The van der Waals surface area contributed by atoms with E-state index >= 15 is 0 Å². The molecule has 0 spiro atoms. The van der Waals surface area contributed by atoms with Gasteiger partial charge in [0.1, 0.15) is 11.5 Å². The third-order valence-corrected chi connectivity index (χ3v) is 3.78. The number of carbonyl (C=O) groups excluding carboxylic acids is 2. The number of carbonyl (C=O) groups is 2. The monoisotopic (exact) mass is 375 g/mol. The highest BCUT2D eigenvalue weighted by molar-refractivity contribution is 6.35. The molecule has 2 aromatic rings. The molecule has 2 amide bonds. The number of rotatable bonds is 6. The maximum absolute atomic E-state index is 11.8. The number of hydrogen-bond donors (Lipinski definition) is 2. The van der Waals surface area contributed by atoms with Gasteiger partial charge < -0.3 is 14.8 Å². The molecule has 2 aromatic carbocycles. The van der Waals surface area contributed by atoms with Crippen LogP contribution in [0.25, 0.3) is 0 Å². The molecule has 0 unspecified atom stereocenters. The lowest BCUT2D eigenvalue weighted by Crippen LogP contribution is -2.37. The second-order valence-electron chi connectivity index (χ2n) is 5.08. The number of hydrazone groups is 1. The molecule has 0 radical (unpaired) electrons. The van der Waals surface area contributed by atoms with Crippen LogP contribution in [0.3, 0.4) is 0 Å². The van der Waals surface area contributed by atoms with E-state index in [0.717, 1.165) is 0 Å². The Hall–Kier alpha value is -3.06. The lowest BCUT2D eigenvalue weighted by Gasteiger charge is -2.07. The molecule has 8 heteroatoms.